The van der Waals surface area contributed by atoms with Gasteiger partial charge in [0.2, 0.25) is 5.95 Å². The van der Waals surface area contributed by atoms with Crippen LogP contribution in [0.2, 0.25) is 0 Å². The van der Waals surface area contributed by atoms with E-state index in [0.29, 0.717) is 35.2 Å². The van der Waals surface area contributed by atoms with Gasteiger partial charge < -0.3 is 14.4 Å². The molecule has 45 heavy (non-hydrogen) atoms. The van der Waals surface area contributed by atoms with Gasteiger partial charge in [0.15, 0.2) is 6.10 Å². The highest BCUT2D eigenvalue weighted by Gasteiger charge is 2.30. The predicted octanol–water partition coefficient (Wildman–Crippen LogP) is 6.87. The second kappa shape index (κ2) is 14.6. The maximum absolute atomic E-state index is 13.2. The number of alkyl halides is 3. The molecule has 1 unspecified atom stereocenters. The molecule has 0 amide bonds. The second-order valence-electron chi connectivity index (χ2n) is 10.5. The van der Waals surface area contributed by atoms with E-state index in [1.807, 2.05) is 25.1 Å². The second-order valence-corrected chi connectivity index (χ2v) is 12.6. The van der Waals surface area contributed by atoms with Crippen molar-refractivity contribution in [3.05, 3.63) is 82.6 Å². The summed E-state index contributed by atoms with van der Waals surface area (Å²) in [7, 11) is 0. The minimum absolute atomic E-state index is 0.292. The Bertz CT molecular complexity index is 1580. The van der Waals surface area contributed by atoms with Crippen LogP contribution in [-0.2, 0) is 28.0 Å². The molecular formula is C32H34F3N5O3S2. The Hall–Kier alpha value is -3.68. The highest BCUT2D eigenvalue weighted by molar-refractivity contribution is 7.98. The van der Waals surface area contributed by atoms with Crippen molar-refractivity contribution in [2.75, 3.05) is 37.7 Å². The molecule has 0 N–H and O–H groups in total. The van der Waals surface area contributed by atoms with Crippen molar-refractivity contribution in [1.82, 2.24) is 19.9 Å². The zero-order valence-corrected chi connectivity index (χ0v) is 26.8. The summed E-state index contributed by atoms with van der Waals surface area (Å²) >= 11 is 3.16. The number of halogens is 3. The van der Waals surface area contributed by atoms with Crippen molar-refractivity contribution >= 4 is 35.0 Å². The fraction of sp³-hybridized carbons (Fsp3) is 0.375. The third-order valence-electron chi connectivity index (χ3n) is 7.26. The molecule has 5 rings (SSSR count). The van der Waals surface area contributed by atoms with Crippen LogP contribution in [0, 0.1) is 6.92 Å². The van der Waals surface area contributed by atoms with Gasteiger partial charge in [-0.05, 0) is 62.7 Å². The summed E-state index contributed by atoms with van der Waals surface area (Å²) in [5.74, 6) is 1.56. The first kappa shape index (κ1) is 32.7. The van der Waals surface area contributed by atoms with Crippen LogP contribution in [-0.4, -0.2) is 64.7 Å². The van der Waals surface area contributed by atoms with Crippen molar-refractivity contribution in [3.8, 4) is 16.3 Å². The lowest BCUT2D eigenvalue weighted by atomic mass is 10.1. The number of carbonyl (C=O) groups excluding carboxylic acids is 1. The number of aromatic nitrogens is 3. The third kappa shape index (κ3) is 8.53. The molecule has 1 atom stereocenters. The average molecular weight is 658 g/mol. The van der Waals surface area contributed by atoms with Crippen LogP contribution in [0.15, 0.2) is 65.8 Å². The lowest BCUT2D eigenvalue weighted by Gasteiger charge is -2.34. The van der Waals surface area contributed by atoms with Crippen LogP contribution in [0.3, 0.4) is 0 Å². The Morgan fingerprint density at radius 1 is 1.07 bits per heavy atom. The van der Waals surface area contributed by atoms with Crippen LogP contribution in [0.4, 0.5) is 19.1 Å². The Balaban J connectivity index is 1.30. The SMILES string of the molecule is CCOC(=O)C(C)Oc1ccc(SCc2sc(-c3ccc(C(F)(F)F)cc3)nc2CN2CCN(c3ncccn3)CC2)cc1C. The van der Waals surface area contributed by atoms with Gasteiger partial charge in [-0.2, -0.15) is 13.2 Å². The van der Waals surface area contributed by atoms with Crippen LogP contribution < -0.4 is 9.64 Å². The molecule has 0 aliphatic carbocycles. The van der Waals surface area contributed by atoms with Gasteiger partial charge in [0.05, 0.1) is 17.9 Å². The van der Waals surface area contributed by atoms with Crippen molar-refractivity contribution < 1.29 is 27.4 Å². The number of thiazole rings is 1. The summed E-state index contributed by atoms with van der Waals surface area (Å²) in [5, 5.41) is 0.693. The van der Waals surface area contributed by atoms with E-state index >= 15 is 0 Å². The van der Waals surface area contributed by atoms with Crippen molar-refractivity contribution in [2.24, 2.45) is 0 Å². The van der Waals surface area contributed by atoms with E-state index in [1.54, 1.807) is 44.1 Å². The van der Waals surface area contributed by atoms with Crippen molar-refractivity contribution in [1.29, 1.82) is 0 Å². The van der Waals surface area contributed by atoms with Gasteiger partial charge in [-0.25, -0.2) is 19.7 Å². The lowest BCUT2D eigenvalue weighted by Crippen LogP contribution is -2.46. The van der Waals surface area contributed by atoms with Crippen molar-refractivity contribution in [2.45, 2.75) is 50.2 Å². The van der Waals surface area contributed by atoms with E-state index in [0.717, 1.165) is 65.3 Å². The van der Waals surface area contributed by atoms with Crippen LogP contribution in [0.5, 0.6) is 5.75 Å². The van der Waals surface area contributed by atoms with Crippen LogP contribution in [0.1, 0.15) is 35.5 Å². The van der Waals surface area contributed by atoms with Gasteiger partial charge in [0, 0.05) is 66.2 Å². The Labute approximate surface area is 268 Å². The normalized spacial score (nSPS) is 14.8. The highest BCUT2D eigenvalue weighted by atomic mass is 32.2. The molecule has 1 fully saturated rings. The number of hydrogen-bond donors (Lipinski definition) is 0. The summed E-state index contributed by atoms with van der Waals surface area (Å²) in [6.07, 6.45) is -1.63. The smallest absolute Gasteiger partial charge is 0.416 e. The number of aryl methyl sites for hydroxylation is 1. The summed E-state index contributed by atoms with van der Waals surface area (Å²) in [6.45, 7) is 9.45. The molecule has 1 aliphatic rings. The minimum atomic E-state index is -4.39. The standard InChI is InChI=1S/C32H34F3N5O3S2/c1-4-42-30(41)22(3)43-27-11-10-25(18-21(27)2)44-20-28-26(19-39-14-16-40(17-15-39)31-36-12-5-13-37-31)38-29(45-28)23-6-8-24(9-7-23)32(33,34)35/h5-13,18,22H,4,14-17,19-20H2,1-3H3. The molecule has 13 heteroatoms. The van der Waals surface area contributed by atoms with Gasteiger partial charge in [0.25, 0.3) is 0 Å². The topological polar surface area (TPSA) is 80.7 Å². The number of ether oxygens (including phenoxy) is 2. The number of carbonyl (C=O) groups is 1. The van der Waals surface area contributed by atoms with E-state index in [1.165, 1.54) is 23.5 Å². The quantitative estimate of drug-likeness (QED) is 0.127. The van der Waals surface area contributed by atoms with Gasteiger partial charge >= 0.3 is 12.1 Å². The summed E-state index contributed by atoms with van der Waals surface area (Å²) in [6, 6.07) is 12.8. The van der Waals surface area contributed by atoms with Crippen LogP contribution in [0.25, 0.3) is 10.6 Å². The number of anilines is 1. The van der Waals surface area contributed by atoms with E-state index in [9.17, 15) is 18.0 Å². The van der Waals surface area contributed by atoms with Crippen molar-refractivity contribution in [3.63, 3.8) is 0 Å². The summed E-state index contributed by atoms with van der Waals surface area (Å²) < 4.78 is 50.4. The monoisotopic (exact) mass is 657 g/mol. The Kier molecular flexibility index (Phi) is 10.6. The number of nitrogens with zero attached hydrogens (tertiary/aromatic N) is 5. The molecule has 238 valence electrons. The van der Waals surface area contributed by atoms with E-state index < -0.39 is 23.8 Å². The maximum atomic E-state index is 13.2. The fourth-order valence-corrected chi connectivity index (χ4v) is 6.98. The number of thioether (sulfide) groups is 1. The lowest BCUT2D eigenvalue weighted by molar-refractivity contribution is -0.150. The first-order chi connectivity index (χ1) is 21.6. The number of piperazine rings is 1. The zero-order valence-electron chi connectivity index (χ0n) is 25.2. The molecule has 4 aromatic rings. The number of hydrogen-bond acceptors (Lipinski definition) is 10. The van der Waals surface area contributed by atoms with E-state index in [2.05, 4.69) is 19.8 Å². The Morgan fingerprint density at radius 2 is 1.78 bits per heavy atom. The third-order valence-corrected chi connectivity index (χ3v) is 9.61. The van der Waals surface area contributed by atoms with Crippen LogP contribution >= 0.6 is 23.1 Å². The maximum Gasteiger partial charge on any atom is 0.416 e. The number of benzene rings is 2. The number of rotatable bonds is 11. The molecule has 2 aromatic carbocycles. The molecule has 1 aliphatic heterocycles. The fourth-order valence-electron chi connectivity index (χ4n) is 4.81. The van der Waals surface area contributed by atoms with Gasteiger partial charge in [-0.3, -0.25) is 4.90 Å². The molecule has 0 bridgehead atoms. The molecule has 0 spiro atoms. The molecular weight excluding hydrogens is 624 g/mol. The number of esters is 1. The largest absolute Gasteiger partial charge is 0.479 e. The highest BCUT2D eigenvalue weighted by Crippen LogP contribution is 2.36. The summed E-state index contributed by atoms with van der Waals surface area (Å²) in [5.41, 5.74) is 1.79. The Morgan fingerprint density at radius 3 is 2.42 bits per heavy atom. The van der Waals surface area contributed by atoms with E-state index in [4.69, 9.17) is 14.5 Å². The molecule has 1 saturated heterocycles. The predicted molar refractivity (Wildman–Crippen MR) is 170 cm³/mol. The summed E-state index contributed by atoms with van der Waals surface area (Å²) in [4.78, 5) is 32.2. The minimum Gasteiger partial charge on any atom is -0.479 e. The molecule has 8 nitrogen and oxygen atoms in total. The van der Waals surface area contributed by atoms with Gasteiger partial charge in [-0.1, -0.05) is 12.1 Å². The molecule has 2 aromatic heterocycles. The molecule has 3 heterocycles. The first-order valence-electron chi connectivity index (χ1n) is 14.6. The first-order valence-corrected chi connectivity index (χ1v) is 16.4. The van der Waals surface area contributed by atoms with Gasteiger partial charge in [0.1, 0.15) is 10.8 Å². The van der Waals surface area contributed by atoms with Gasteiger partial charge in [-0.15, -0.1) is 23.1 Å². The molecule has 0 saturated carbocycles. The molecule has 0 radical (unpaired) electrons. The average Bonchev–Trinajstić information content (AvgIpc) is 3.44. The zero-order chi connectivity index (χ0) is 32.0. The van der Waals surface area contributed by atoms with E-state index in [-0.39, 0.29) is 0 Å².